The maximum atomic E-state index is 13.1. The molecule has 0 aliphatic rings. The van der Waals surface area contributed by atoms with E-state index in [1.54, 1.807) is 18.2 Å². The van der Waals surface area contributed by atoms with Crippen molar-refractivity contribution in [2.75, 3.05) is 0 Å². The highest BCUT2D eigenvalue weighted by molar-refractivity contribution is 14.1. The number of ketones is 1. The van der Waals surface area contributed by atoms with Crippen LogP contribution < -0.4 is 0 Å². The molecule has 18 heavy (non-hydrogen) atoms. The summed E-state index contributed by atoms with van der Waals surface area (Å²) in [7, 11) is 0. The molecule has 0 aromatic heterocycles. The summed E-state index contributed by atoms with van der Waals surface area (Å²) in [5, 5.41) is -0.0993. The molecular formula is C13H6ClF2IO. The zero-order valence-corrected chi connectivity index (χ0v) is 11.8. The predicted octanol–water partition coefficient (Wildman–Crippen LogP) is 4.45. The molecule has 0 bridgehead atoms. The summed E-state index contributed by atoms with van der Waals surface area (Å²) in [5.41, 5.74) is 0.340. The average molecular weight is 379 g/mol. The zero-order valence-electron chi connectivity index (χ0n) is 8.88. The van der Waals surface area contributed by atoms with E-state index in [4.69, 9.17) is 11.6 Å². The fourth-order valence-corrected chi connectivity index (χ4v) is 2.26. The molecule has 0 N–H and O–H groups in total. The van der Waals surface area contributed by atoms with E-state index in [0.717, 1.165) is 15.7 Å². The van der Waals surface area contributed by atoms with E-state index in [9.17, 15) is 13.6 Å². The van der Waals surface area contributed by atoms with Gasteiger partial charge in [0.05, 0.1) is 5.02 Å². The van der Waals surface area contributed by atoms with E-state index in [2.05, 4.69) is 22.6 Å². The zero-order chi connectivity index (χ0) is 13.3. The molecule has 0 unspecified atom stereocenters. The Hall–Kier alpha value is -1.01. The molecule has 0 atom stereocenters. The third-order valence-corrected chi connectivity index (χ3v) is 3.33. The first-order valence-corrected chi connectivity index (χ1v) is 6.39. The van der Waals surface area contributed by atoms with Gasteiger partial charge in [0.15, 0.2) is 17.4 Å². The van der Waals surface area contributed by atoms with Crippen LogP contribution in [0.1, 0.15) is 15.9 Å². The highest BCUT2D eigenvalue weighted by Gasteiger charge is 2.16. The van der Waals surface area contributed by atoms with E-state index in [-0.39, 0.29) is 10.6 Å². The van der Waals surface area contributed by atoms with Crippen LogP contribution in [0.15, 0.2) is 36.4 Å². The number of carbonyl (C=O) groups excluding carboxylic acids is 1. The SMILES string of the molecule is O=C(c1cccc(I)c1)c1cc(F)c(F)cc1Cl. The fourth-order valence-electron chi connectivity index (χ4n) is 1.48. The summed E-state index contributed by atoms with van der Waals surface area (Å²) < 4.78 is 26.9. The molecule has 2 rings (SSSR count). The topological polar surface area (TPSA) is 17.1 Å². The van der Waals surface area contributed by atoms with Crippen LogP contribution in [0.25, 0.3) is 0 Å². The first-order valence-electron chi connectivity index (χ1n) is 4.94. The van der Waals surface area contributed by atoms with Crippen LogP contribution in [0.4, 0.5) is 8.78 Å². The lowest BCUT2D eigenvalue weighted by atomic mass is 10.0. The van der Waals surface area contributed by atoms with Gasteiger partial charge in [0.2, 0.25) is 0 Å². The summed E-state index contributed by atoms with van der Waals surface area (Å²) >= 11 is 7.82. The summed E-state index contributed by atoms with van der Waals surface area (Å²) in [6, 6.07) is 8.41. The molecule has 0 aliphatic heterocycles. The molecule has 0 heterocycles. The van der Waals surface area contributed by atoms with E-state index in [1.165, 1.54) is 0 Å². The number of benzene rings is 2. The molecule has 0 saturated heterocycles. The molecule has 0 aliphatic carbocycles. The second kappa shape index (κ2) is 5.32. The van der Waals surface area contributed by atoms with Crippen LogP contribution in [0.3, 0.4) is 0 Å². The Labute approximate surface area is 121 Å². The minimum Gasteiger partial charge on any atom is -0.289 e. The van der Waals surface area contributed by atoms with Crippen molar-refractivity contribution in [1.82, 2.24) is 0 Å². The smallest absolute Gasteiger partial charge is 0.194 e. The van der Waals surface area contributed by atoms with Crippen LogP contribution in [0, 0.1) is 15.2 Å². The molecule has 2 aromatic rings. The van der Waals surface area contributed by atoms with E-state index < -0.39 is 17.4 Å². The van der Waals surface area contributed by atoms with Gasteiger partial charge in [0, 0.05) is 14.7 Å². The summed E-state index contributed by atoms with van der Waals surface area (Å²) in [5.74, 6) is -2.59. The minimum absolute atomic E-state index is 0.0439. The number of hydrogen-bond donors (Lipinski definition) is 0. The second-order valence-corrected chi connectivity index (χ2v) is 5.24. The van der Waals surface area contributed by atoms with Crippen molar-refractivity contribution in [3.05, 3.63) is 67.8 Å². The first kappa shape index (κ1) is 13.4. The molecular weight excluding hydrogens is 372 g/mol. The minimum atomic E-state index is -1.09. The Balaban J connectivity index is 2.49. The maximum absolute atomic E-state index is 13.1. The van der Waals surface area contributed by atoms with Gasteiger partial charge in [0.25, 0.3) is 0 Å². The number of rotatable bonds is 2. The molecule has 0 saturated carbocycles. The molecule has 92 valence electrons. The van der Waals surface area contributed by atoms with Crippen LogP contribution in [-0.2, 0) is 0 Å². The molecule has 0 spiro atoms. The Morgan fingerprint density at radius 3 is 2.44 bits per heavy atom. The Morgan fingerprint density at radius 2 is 1.78 bits per heavy atom. The standard InChI is InChI=1S/C13H6ClF2IO/c14-10-6-12(16)11(15)5-9(10)13(18)7-2-1-3-8(17)4-7/h1-6H. The van der Waals surface area contributed by atoms with Gasteiger partial charge in [-0.15, -0.1) is 0 Å². The average Bonchev–Trinajstić information content (AvgIpc) is 2.33. The van der Waals surface area contributed by atoms with E-state index in [1.807, 2.05) is 6.07 Å². The highest BCUT2D eigenvalue weighted by atomic mass is 127. The van der Waals surface area contributed by atoms with Crippen molar-refractivity contribution < 1.29 is 13.6 Å². The van der Waals surface area contributed by atoms with E-state index >= 15 is 0 Å². The normalized spacial score (nSPS) is 10.4. The van der Waals surface area contributed by atoms with Crippen molar-refractivity contribution >= 4 is 40.0 Å². The maximum Gasteiger partial charge on any atom is 0.194 e. The van der Waals surface area contributed by atoms with Crippen molar-refractivity contribution in [2.24, 2.45) is 0 Å². The quantitative estimate of drug-likeness (QED) is 0.429. The van der Waals surface area contributed by atoms with Crippen LogP contribution >= 0.6 is 34.2 Å². The Bertz CT molecular complexity index is 628. The van der Waals surface area contributed by atoms with Crippen molar-refractivity contribution in [2.45, 2.75) is 0 Å². The van der Waals surface area contributed by atoms with Gasteiger partial charge >= 0.3 is 0 Å². The molecule has 0 fully saturated rings. The van der Waals surface area contributed by atoms with Crippen LogP contribution in [0.2, 0.25) is 5.02 Å². The van der Waals surface area contributed by atoms with Crippen molar-refractivity contribution in [1.29, 1.82) is 0 Å². The lowest BCUT2D eigenvalue weighted by Gasteiger charge is -2.05. The summed E-state index contributed by atoms with van der Waals surface area (Å²) in [4.78, 5) is 12.1. The van der Waals surface area contributed by atoms with Gasteiger partial charge in [-0.3, -0.25) is 4.79 Å². The monoisotopic (exact) mass is 378 g/mol. The number of hydrogen-bond acceptors (Lipinski definition) is 1. The highest BCUT2D eigenvalue weighted by Crippen LogP contribution is 2.23. The van der Waals surface area contributed by atoms with Gasteiger partial charge in [-0.25, -0.2) is 8.78 Å². The molecule has 5 heteroatoms. The lowest BCUT2D eigenvalue weighted by molar-refractivity contribution is 0.103. The summed E-state index contributed by atoms with van der Waals surface area (Å²) in [6.07, 6.45) is 0. The third-order valence-electron chi connectivity index (χ3n) is 2.34. The van der Waals surface area contributed by atoms with Gasteiger partial charge in [0.1, 0.15) is 0 Å². The third kappa shape index (κ3) is 2.70. The lowest BCUT2D eigenvalue weighted by Crippen LogP contribution is -2.04. The van der Waals surface area contributed by atoms with Crippen molar-refractivity contribution in [3.8, 4) is 0 Å². The van der Waals surface area contributed by atoms with Crippen molar-refractivity contribution in [3.63, 3.8) is 0 Å². The second-order valence-electron chi connectivity index (χ2n) is 3.59. The van der Waals surface area contributed by atoms with Gasteiger partial charge < -0.3 is 0 Å². The largest absolute Gasteiger partial charge is 0.289 e. The number of halogens is 4. The van der Waals surface area contributed by atoms with E-state index in [0.29, 0.717) is 5.56 Å². The Morgan fingerprint density at radius 1 is 1.11 bits per heavy atom. The molecule has 0 amide bonds. The van der Waals surface area contributed by atoms with Gasteiger partial charge in [-0.2, -0.15) is 0 Å². The fraction of sp³-hybridized carbons (Fsp3) is 0. The van der Waals surface area contributed by atoms with Crippen LogP contribution in [-0.4, -0.2) is 5.78 Å². The van der Waals surface area contributed by atoms with Gasteiger partial charge in [-0.05, 0) is 46.9 Å². The number of carbonyl (C=O) groups is 1. The van der Waals surface area contributed by atoms with Gasteiger partial charge in [-0.1, -0.05) is 23.7 Å². The molecule has 0 radical (unpaired) electrons. The van der Waals surface area contributed by atoms with Crippen LogP contribution in [0.5, 0.6) is 0 Å². The predicted molar refractivity (Wildman–Crippen MR) is 74.0 cm³/mol. The Kier molecular flexibility index (Phi) is 3.97. The molecule has 2 aromatic carbocycles. The summed E-state index contributed by atoms with van der Waals surface area (Å²) in [6.45, 7) is 0. The first-order chi connectivity index (χ1) is 8.49. The molecule has 1 nitrogen and oxygen atoms in total.